The Morgan fingerprint density at radius 2 is 0.909 bits per heavy atom. The van der Waals surface area contributed by atoms with Crippen LogP contribution in [0.25, 0.3) is 0 Å². The molecule has 8 N–H and O–H groups in total. The fraction of sp³-hybridized carbons (Fsp3) is 0.873. The zero-order valence-electron chi connectivity index (χ0n) is 42.2. The number of amides is 1. The summed E-state index contributed by atoms with van der Waals surface area (Å²) < 4.78 is 11.1. The first kappa shape index (κ1) is 62.3. The van der Waals surface area contributed by atoms with Crippen LogP contribution in [0.1, 0.15) is 239 Å². The largest absolute Gasteiger partial charge is 0.394 e. The van der Waals surface area contributed by atoms with Gasteiger partial charge in [-0.1, -0.05) is 198 Å². The number of ether oxygens (including phenoxy) is 2. The van der Waals surface area contributed by atoms with Crippen molar-refractivity contribution >= 4 is 5.91 Å². The standard InChI is InChI=1S/C55H103NO10/c1-3-5-7-9-11-13-15-17-19-21-22-23-24-25-27-29-31-33-35-37-39-41-43-48(59)54(64)56-46(45-65-55-53(63)52(62)51(61)49(44-57)66-55)50(60)47(58)42-40-38-36-34-32-30-28-26-20-18-16-14-12-10-8-6-4-2/h25-28,34,36,46-53,55,57-63H,3-24,29-33,35,37-45H2,1-2H3,(H,56,64)/b27-25-,28-26+,36-34+. The van der Waals surface area contributed by atoms with E-state index in [0.29, 0.717) is 19.3 Å². The second-order valence-electron chi connectivity index (χ2n) is 19.3. The van der Waals surface area contributed by atoms with Gasteiger partial charge in [-0.2, -0.15) is 0 Å². The fourth-order valence-electron chi connectivity index (χ4n) is 8.63. The van der Waals surface area contributed by atoms with Crippen molar-refractivity contribution in [2.75, 3.05) is 13.2 Å². The molecule has 388 valence electrons. The molecule has 9 unspecified atom stereocenters. The van der Waals surface area contributed by atoms with E-state index in [9.17, 15) is 40.5 Å². The van der Waals surface area contributed by atoms with Gasteiger partial charge < -0.3 is 50.5 Å². The Morgan fingerprint density at radius 1 is 0.515 bits per heavy atom. The third-order valence-electron chi connectivity index (χ3n) is 13.1. The van der Waals surface area contributed by atoms with E-state index in [-0.39, 0.29) is 12.8 Å². The zero-order chi connectivity index (χ0) is 48.3. The molecule has 1 fully saturated rings. The second kappa shape index (κ2) is 44.5. The number of carbonyl (C=O) groups is 1. The summed E-state index contributed by atoms with van der Waals surface area (Å²) in [4.78, 5) is 13.1. The molecule has 1 aliphatic heterocycles. The normalized spacial score (nSPS) is 21.0. The summed E-state index contributed by atoms with van der Waals surface area (Å²) in [5.74, 6) is -0.714. The molecule has 0 spiro atoms. The molecule has 0 saturated carbocycles. The van der Waals surface area contributed by atoms with Crippen LogP contribution in [0.2, 0.25) is 0 Å². The van der Waals surface area contributed by atoms with E-state index in [0.717, 1.165) is 57.8 Å². The summed E-state index contributed by atoms with van der Waals surface area (Å²) in [6.07, 6.45) is 41.9. The monoisotopic (exact) mass is 938 g/mol. The number of aliphatic hydroxyl groups is 7. The number of allylic oxidation sites excluding steroid dienone is 6. The smallest absolute Gasteiger partial charge is 0.249 e. The molecule has 1 rings (SSSR count). The maximum absolute atomic E-state index is 13.1. The molecule has 1 amide bonds. The summed E-state index contributed by atoms with van der Waals surface area (Å²) in [6, 6.07) is -1.19. The molecule has 0 aromatic heterocycles. The summed E-state index contributed by atoms with van der Waals surface area (Å²) in [5, 5.41) is 75.9. The van der Waals surface area contributed by atoms with Gasteiger partial charge >= 0.3 is 0 Å². The van der Waals surface area contributed by atoms with Gasteiger partial charge in [0.05, 0.1) is 25.4 Å². The fourth-order valence-corrected chi connectivity index (χ4v) is 8.63. The average Bonchev–Trinajstić information content (AvgIpc) is 3.32. The number of hydrogen-bond donors (Lipinski definition) is 8. The molecule has 66 heavy (non-hydrogen) atoms. The number of nitrogens with one attached hydrogen (secondary N) is 1. The van der Waals surface area contributed by atoms with Gasteiger partial charge in [0.15, 0.2) is 6.29 Å². The van der Waals surface area contributed by atoms with Crippen LogP contribution >= 0.6 is 0 Å². The van der Waals surface area contributed by atoms with Crippen molar-refractivity contribution in [1.29, 1.82) is 0 Å². The van der Waals surface area contributed by atoms with E-state index in [4.69, 9.17) is 9.47 Å². The molecule has 0 aliphatic carbocycles. The van der Waals surface area contributed by atoms with Gasteiger partial charge in [-0.3, -0.25) is 4.79 Å². The van der Waals surface area contributed by atoms with Crippen LogP contribution in [-0.2, 0) is 14.3 Å². The van der Waals surface area contributed by atoms with Crippen LogP contribution in [-0.4, -0.2) is 110 Å². The highest BCUT2D eigenvalue weighted by molar-refractivity contribution is 5.80. The number of rotatable bonds is 46. The molecule has 1 saturated heterocycles. The predicted octanol–water partition coefficient (Wildman–Crippen LogP) is 10.7. The Morgan fingerprint density at radius 3 is 1.35 bits per heavy atom. The molecule has 11 nitrogen and oxygen atoms in total. The van der Waals surface area contributed by atoms with Crippen molar-refractivity contribution in [2.24, 2.45) is 0 Å². The van der Waals surface area contributed by atoms with Crippen LogP contribution in [0.5, 0.6) is 0 Å². The van der Waals surface area contributed by atoms with E-state index in [2.05, 4.69) is 55.6 Å². The number of hydrogen-bond acceptors (Lipinski definition) is 10. The maximum Gasteiger partial charge on any atom is 0.249 e. The summed E-state index contributed by atoms with van der Waals surface area (Å²) in [5.41, 5.74) is 0. The highest BCUT2D eigenvalue weighted by Gasteiger charge is 2.44. The van der Waals surface area contributed by atoms with E-state index < -0.39 is 74.2 Å². The molecule has 1 aliphatic rings. The number of carbonyl (C=O) groups excluding carboxylic acids is 1. The van der Waals surface area contributed by atoms with Gasteiger partial charge in [-0.15, -0.1) is 0 Å². The molecule has 1 heterocycles. The van der Waals surface area contributed by atoms with Crippen molar-refractivity contribution < 1.29 is 50.0 Å². The second-order valence-corrected chi connectivity index (χ2v) is 19.3. The third kappa shape index (κ3) is 33.0. The zero-order valence-corrected chi connectivity index (χ0v) is 42.2. The van der Waals surface area contributed by atoms with Gasteiger partial charge in [-0.05, 0) is 77.0 Å². The van der Waals surface area contributed by atoms with Crippen LogP contribution in [0, 0.1) is 0 Å². The van der Waals surface area contributed by atoms with E-state index in [1.165, 1.54) is 135 Å². The van der Waals surface area contributed by atoms with Gasteiger partial charge in [-0.25, -0.2) is 0 Å². The summed E-state index contributed by atoms with van der Waals surface area (Å²) in [7, 11) is 0. The molecular weight excluding hydrogens is 835 g/mol. The molecule has 0 radical (unpaired) electrons. The first-order valence-electron chi connectivity index (χ1n) is 27.4. The average molecular weight is 938 g/mol. The van der Waals surface area contributed by atoms with Crippen molar-refractivity contribution in [2.45, 2.75) is 294 Å². The summed E-state index contributed by atoms with van der Waals surface area (Å²) >= 11 is 0. The lowest BCUT2D eigenvalue weighted by molar-refractivity contribution is -0.303. The topological polar surface area (TPSA) is 189 Å². The van der Waals surface area contributed by atoms with Crippen molar-refractivity contribution in [3.63, 3.8) is 0 Å². The molecule has 0 aromatic carbocycles. The molecular formula is C55H103NO10. The molecule has 0 bridgehead atoms. The number of unbranched alkanes of at least 4 members (excludes halogenated alkanes) is 28. The Bertz CT molecular complexity index is 1170. The predicted molar refractivity (Wildman–Crippen MR) is 270 cm³/mol. The Labute approximate surface area is 403 Å². The van der Waals surface area contributed by atoms with Gasteiger partial charge in [0.2, 0.25) is 5.91 Å². The van der Waals surface area contributed by atoms with Gasteiger partial charge in [0.25, 0.3) is 0 Å². The minimum atomic E-state index is -1.67. The Kier molecular flexibility index (Phi) is 42.1. The minimum absolute atomic E-state index is 0.244. The molecule has 11 heteroatoms. The van der Waals surface area contributed by atoms with Crippen molar-refractivity contribution in [3.8, 4) is 0 Å². The van der Waals surface area contributed by atoms with Crippen LogP contribution in [0.15, 0.2) is 36.5 Å². The lowest BCUT2D eigenvalue weighted by Crippen LogP contribution is -2.60. The lowest BCUT2D eigenvalue weighted by atomic mass is 9.98. The van der Waals surface area contributed by atoms with Crippen LogP contribution in [0.3, 0.4) is 0 Å². The first-order chi connectivity index (χ1) is 32.2. The number of aliphatic hydroxyl groups excluding tert-OH is 7. The highest BCUT2D eigenvalue weighted by atomic mass is 16.7. The highest BCUT2D eigenvalue weighted by Crippen LogP contribution is 2.23. The van der Waals surface area contributed by atoms with Crippen molar-refractivity contribution in [1.82, 2.24) is 5.32 Å². The van der Waals surface area contributed by atoms with E-state index in [1.54, 1.807) is 0 Å². The Balaban J connectivity index is 2.38. The Hall–Kier alpha value is -1.67. The van der Waals surface area contributed by atoms with Crippen LogP contribution in [0.4, 0.5) is 0 Å². The van der Waals surface area contributed by atoms with Crippen molar-refractivity contribution in [3.05, 3.63) is 36.5 Å². The SMILES string of the molecule is CCCCCCCCCC/C=C/CC/C=C/CCCC(O)C(O)C(COC1OC(CO)C(O)C(O)C1O)NC(=O)C(O)CCCCCCCC/C=C\CCCCCCCCCCCCCC. The summed E-state index contributed by atoms with van der Waals surface area (Å²) in [6.45, 7) is 3.44. The first-order valence-corrected chi connectivity index (χ1v) is 27.4. The third-order valence-corrected chi connectivity index (χ3v) is 13.1. The molecule has 0 aromatic rings. The van der Waals surface area contributed by atoms with E-state index in [1.807, 2.05) is 0 Å². The quantitative estimate of drug-likeness (QED) is 0.0215. The lowest BCUT2D eigenvalue weighted by Gasteiger charge is -2.40. The van der Waals surface area contributed by atoms with Crippen LogP contribution < -0.4 is 5.32 Å². The minimum Gasteiger partial charge on any atom is -0.394 e. The van der Waals surface area contributed by atoms with Gasteiger partial charge in [0, 0.05) is 0 Å². The molecule has 9 atom stereocenters. The maximum atomic E-state index is 13.1. The van der Waals surface area contributed by atoms with Gasteiger partial charge in [0.1, 0.15) is 36.6 Å². The van der Waals surface area contributed by atoms with E-state index >= 15 is 0 Å².